The Balaban J connectivity index is 0.00000106. The highest BCUT2D eigenvalue weighted by molar-refractivity contribution is 8.04. The van der Waals surface area contributed by atoms with Crippen LogP contribution in [0, 0.1) is 5.92 Å². The van der Waals surface area contributed by atoms with E-state index >= 15 is 0 Å². The van der Waals surface area contributed by atoms with Gasteiger partial charge in [-0.05, 0) is 71.3 Å². The lowest BCUT2D eigenvalue weighted by atomic mass is 9.86. The molecule has 9 N–H and O–H groups in total. The molecule has 1 amide bonds. The second kappa shape index (κ2) is 38.1. The Morgan fingerprint density at radius 3 is 1.76 bits per heavy atom. The van der Waals surface area contributed by atoms with E-state index in [0.717, 1.165) is 77.0 Å². The molecular weight excluding hydrogens is 881 g/mol. The summed E-state index contributed by atoms with van der Waals surface area (Å²) >= 11 is 3.50. The Hall–Kier alpha value is -2.24. The number of hydrogen-bond acceptors (Lipinski definition) is 16. The number of amides is 1. The van der Waals surface area contributed by atoms with Crippen LogP contribution in [0.3, 0.4) is 0 Å². The van der Waals surface area contributed by atoms with Gasteiger partial charge >= 0.3 is 23.9 Å². The van der Waals surface area contributed by atoms with Crippen LogP contribution in [-0.4, -0.2) is 136 Å². The van der Waals surface area contributed by atoms with Crippen LogP contribution >= 0.6 is 42.0 Å². The number of aliphatic carboxylic acids is 2. The molecule has 0 spiro atoms. The van der Waals surface area contributed by atoms with Crippen LogP contribution in [-0.2, 0) is 47.8 Å². The number of carbonyl (C=O) groups excluding carboxylic acids is 6. The second-order valence-electron chi connectivity index (χ2n) is 15.1. The molecule has 0 bridgehead atoms. The van der Waals surface area contributed by atoms with E-state index in [1.165, 1.54) is 0 Å². The Morgan fingerprint density at radius 1 is 0.726 bits per heavy atom. The number of ether oxygens (including phenoxy) is 2. The maximum Gasteiger partial charge on any atom is 0.325 e. The first-order valence-electron chi connectivity index (χ1n) is 22.6. The summed E-state index contributed by atoms with van der Waals surface area (Å²) in [6, 6.07) is -0.354. The molecule has 2 aliphatic rings. The number of carbonyl (C=O) groups is 8. The lowest BCUT2D eigenvalue weighted by Crippen LogP contribution is -2.57. The first-order valence-corrected chi connectivity index (χ1v) is 24.9. The molecule has 17 nitrogen and oxygen atoms in total. The summed E-state index contributed by atoms with van der Waals surface area (Å²) in [4.78, 5) is 90.0. The summed E-state index contributed by atoms with van der Waals surface area (Å²) in [5.41, 5.74) is 11.0. The van der Waals surface area contributed by atoms with E-state index in [1.807, 2.05) is 16.2 Å². The summed E-state index contributed by atoms with van der Waals surface area (Å²) in [5.74, 6) is -1.66. The molecule has 0 saturated heterocycles. The van der Waals surface area contributed by atoms with Crippen LogP contribution in [0.5, 0.6) is 0 Å². The zero-order chi connectivity index (χ0) is 48.5. The number of rotatable bonds is 34. The first-order chi connectivity index (χ1) is 30.3. The number of hydrogen-bond donors (Lipinski definition) is 7. The van der Waals surface area contributed by atoms with Crippen LogP contribution in [0.4, 0.5) is 0 Å². The van der Waals surface area contributed by atoms with Gasteiger partial charge in [0, 0.05) is 41.3 Å². The molecule has 2 aliphatic carbocycles. The minimum Gasteiger partial charge on any atom is -0.480 e. The van der Waals surface area contributed by atoms with Crippen LogP contribution in [0.1, 0.15) is 126 Å². The summed E-state index contributed by atoms with van der Waals surface area (Å²) < 4.78 is 23.4. The van der Waals surface area contributed by atoms with Gasteiger partial charge in [0.1, 0.15) is 36.5 Å². The first kappa shape index (κ1) is 55.9. The van der Waals surface area contributed by atoms with Gasteiger partial charge in [0.05, 0.1) is 39.8 Å². The standard InChI is InChI=1S/C23H40NO5PS2.C10H21N2O3P.C8H14N2O4/c1-3-18(23(28)24-13-22(27)29-16-30)9-7-5-4-6-8-10-19(26)15-32-21-12-11-20(21)31-14-17(2)25;11-6-2-1-3-8(12)9(13)4-5-10(14)15-7-16;11-7(12)3-9-5-1-2-6(5)10-4-8(13)14/h18,20-21H,3-16,30H2,1-2H3,(H,24,28);8H,1-7,11-12,16H2;5-6,9-10H,1-4H2,(H,11,12)(H,13,14)/t18-,20?,21?;8-;/m00./s1/i16T;7T;/t16?,18-,20?,21?;7?,8-;. The number of nitrogens with one attached hydrogen (secondary N) is 3. The summed E-state index contributed by atoms with van der Waals surface area (Å²) in [6.45, 7) is 3.82. The highest BCUT2D eigenvalue weighted by Crippen LogP contribution is 2.40. The predicted molar refractivity (Wildman–Crippen MR) is 251 cm³/mol. The number of thioether (sulfide) groups is 2. The van der Waals surface area contributed by atoms with Crippen molar-refractivity contribution in [2.45, 2.75) is 152 Å². The summed E-state index contributed by atoms with van der Waals surface area (Å²) in [6.07, 6.45) is 11.5. The molecule has 8 unspecified atom stereocenters. The van der Waals surface area contributed by atoms with Crippen molar-refractivity contribution in [1.29, 1.82) is 0 Å². The maximum atomic E-state index is 12.2. The Labute approximate surface area is 383 Å². The van der Waals surface area contributed by atoms with Crippen molar-refractivity contribution >= 4 is 89.1 Å². The number of unbranched alkanes of at least 4 members (excludes halogenated alkanes) is 5. The lowest BCUT2D eigenvalue weighted by molar-refractivity contribution is -0.143. The highest BCUT2D eigenvalue weighted by Gasteiger charge is 2.32. The molecule has 2 saturated carbocycles. The third-order valence-electron chi connectivity index (χ3n) is 10.1. The fraction of sp³-hybridized carbons (Fsp3) is 0.805. The molecule has 358 valence electrons. The predicted octanol–water partition coefficient (Wildman–Crippen LogP) is 3.42. The maximum absolute atomic E-state index is 12.2. The lowest BCUT2D eigenvalue weighted by Gasteiger charge is -2.37. The number of ketones is 3. The average Bonchev–Trinajstić information content (AvgIpc) is 3.19. The van der Waals surface area contributed by atoms with Gasteiger partial charge in [-0.1, -0.05) is 57.5 Å². The number of carboxylic acid groups (broad SMARTS) is 2. The van der Waals surface area contributed by atoms with Gasteiger partial charge in [-0.15, -0.1) is 23.5 Å². The van der Waals surface area contributed by atoms with E-state index in [4.69, 9.17) is 24.4 Å². The summed E-state index contributed by atoms with van der Waals surface area (Å²) in [5, 5.41) is 26.1. The molecule has 10 atom stereocenters. The third-order valence-corrected chi connectivity index (χ3v) is 13.5. The fourth-order valence-electron chi connectivity index (χ4n) is 6.14. The van der Waals surface area contributed by atoms with Crippen molar-refractivity contribution in [2.75, 3.05) is 50.3 Å². The Bertz CT molecular complexity index is 1400. The van der Waals surface area contributed by atoms with Crippen LogP contribution < -0.4 is 27.4 Å². The smallest absolute Gasteiger partial charge is 0.325 e. The fourth-order valence-corrected chi connectivity index (χ4v) is 9.22. The van der Waals surface area contributed by atoms with Crippen LogP contribution in [0.2, 0.25) is 0 Å². The van der Waals surface area contributed by atoms with Crippen molar-refractivity contribution in [3.8, 4) is 0 Å². The number of esters is 2. The van der Waals surface area contributed by atoms with Crippen LogP contribution in [0.25, 0.3) is 0 Å². The zero-order valence-electron chi connectivity index (χ0n) is 38.5. The van der Waals surface area contributed by atoms with Crippen molar-refractivity contribution < 1.29 is 60.8 Å². The molecule has 0 aromatic heterocycles. The van der Waals surface area contributed by atoms with Crippen LogP contribution in [0.15, 0.2) is 0 Å². The monoisotopic (exact) mass is 959 g/mol. The quantitative estimate of drug-likeness (QED) is 0.0276. The number of carboxylic acids is 2. The van der Waals surface area contributed by atoms with Crippen molar-refractivity contribution in [1.82, 2.24) is 16.0 Å². The van der Waals surface area contributed by atoms with E-state index in [9.17, 15) is 38.4 Å². The van der Waals surface area contributed by atoms with Gasteiger partial charge in [-0.25, -0.2) is 0 Å². The molecule has 0 aromatic carbocycles. The van der Waals surface area contributed by atoms with Crippen molar-refractivity contribution in [3.05, 3.63) is 0 Å². The van der Waals surface area contributed by atoms with Crippen molar-refractivity contribution in [2.24, 2.45) is 17.4 Å². The van der Waals surface area contributed by atoms with E-state index in [0.29, 0.717) is 53.6 Å². The molecule has 0 aliphatic heterocycles. The highest BCUT2D eigenvalue weighted by atomic mass is 32.2. The average molecular weight is 960 g/mol. The second-order valence-corrected chi connectivity index (χ2v) is 18.1. The molecule has 62 heavy (non-hydrogen) atoms. The zero-order valence-corrected chi connectivity index (χ0v) is 40.4. The van der Waals surface area contributed by atoms with Gasteiger partial charge in [0.25, 0.3) is 0 Å². The van der Waals surface area contributed by atoms with E-state index in [1.54, 1.807) is 30.4 Å². The van der Waals surface area contributed by atoms with Crippen molar-refractivity contribution in [3.63, 3.8) is 0 Å². The van der Waals surface area contributed by atoms with E-state index in [2.05, 4.69) is 34.7 Å². The van der Waals surface area contributed by atoms with E-state index in [-0.39, 0.29) is 68.0 Å². The number of Topliss-reactive ketones (excluding diaryl/α,β-unsaturated/α-hetero) is 3. The minimum absolute atomic E-state index is 0.0206. The molecule has 0 aromatic rings. The Morgan fingerprint density at radius 2 is 1.26 bits per heavy atom. The van der Waals surface area contributed by atoms with E-state index < -0.39 is 42.6 Å². The van der Waals surface area contributed by atoms with Gasteiger partial charge in [0.15, 0.2) is 0 Å². The molecule has 2 rings (SSSR count). The Kier molecular flexibility index (Phi) is 34.3. The SMILES string of the molecule is O=C(O)CNC1CCC1NCC(=O)O.[3H]C(P)OC(=O)CCC(=O)[C@@H](N)CCCCN.[3H]C(P)OC(=O)CNC(=O)[C@@H](CC)CCCCCCCC(=O)CSC1CCC1SCC(C)=O. The van der Waals surface area contributed by atoms with Gasteiger partial charge in [-0.3, -0.25) is 38.4 Å². The molecule has 0 heterocycles. The minimum atomic E-state index is -1.01. The summed E-state index contributed by atoms with van der Waals surface area (Å²) in [7, 11) is 4.08. The topological polar surface area (TPSA) is 284 Å². The normalized spacial score (nSPS) is 19.9. The molecule has 2 fully saturated rings. The molecular formula is C41H75N5O12P2S2. The number of nitrogens with two attached hydrogens (primary N) is 2. The molecule has 21 heteroatoms. The molecule has 0 radical (unpaired) electrons. The largest absolute Gasteiger partial charge is 0.480 e. The third kappa shape index (κ3) is 31.6. The van der Waals surface area contributed by atoms with Gasteiger partial charge < -0.3 is 47.1 Å². The van der Waals surface area contributed by atoms with Gasteiger partial charge in [0.2, 0.25) is 5.91 Å². The van der Waals surface area contributed by atoms with Gasteiger partial charge in [-0.2, -0.15) is 0 Å².